The molecule has 40 heavy (non-hydrogen) atoms. The van der Waals surface area contributed by atoms with Crippen LogP contribution in [0.4, 0.5) is 10.8 Å². The number of nitrogens with one attached hydrogen (secondary N) is 1. The van der Waals surface area contributed by atoms with Crippen molar-refractivity contribution in [2.24, 2.45) is 5.16 Å². The molecule has 1 fully saturated rings. The van der Waals surface area contributed by atoms with Crippen LogP contribution in [-0.4, -0.2) is 73.2 Å². The summed E-state index contributed by atoms with van der Waals surface area (Å²) in [6.45, 7) is 2.72. The maximum atomic E-state index is 13.1. The molecule has 1 unspecified atom stereocenters. The van der Waals surface area contributed by atoms with Crippen molar-refractivity contribution in [2.75, 3.05) is 18.1 Å². The van der Waals surface area contributed by atoms with Crippen molar-refractivity contribution >= 4 is 63.4 Å². The van der Waals surface area contributed by atoms with E-state index in [1.807, 2.05) is 0 Å². The van der Waals surface area contributed by atoms with Crippen LogP contribution in [0.3, 0.4) is 0 Å². The van der Waals surface area contributed by atoms with Crippen molar-refractivity contribution < 1.29 is 38.8 Å². The number of rotatable bonds is 11. The van der Waals surface area contributed by atoms with E-state index < -0.39 is 46.7 Å². The van der Waals surface area contributed by atoms with Crippen LogP contribution in [0.1, 0.15) is 11.3 Å². The van der Waals surface area contributed by atoms with Gasteiger partial charge in [-0.2, -0.15) is 0 Å². The molecule has 2 atom stereocenters. The first-order chi connectivity index (χ1) is 19.1. The Morgan fingerprint density at radius 1 is 1.35 bits per heavy atom. The zero-order chi connectivity index (χ0) is 29.0. The number of nitrogens with zero attached hydrogens (tertiary/aromatic N) is 4. The summed E-state index contributed by atoms with van der Waals surface area (Å²) in [6.07, 6.45) is 1.37. The number of hydrogen-bond acceptors (Lipinski definition) is 13. The molecule has 2 aliphatic heterocycles. The minimum atomic E-state index is -1.28. The predicted molar refractivity (Wildman–Crippen MR) is 142 cm³/mol. The molecule has 15 nitrogen and oxygen atoms in total. The molecule has 0 radical (unpaired) electrons. The number of β-lactam (4-membered cyclic amide) rings is 1. The summed E-state index contributed by atoms with van der Waals surface area (Å²) in [5.74, 6) is -3.34. The number of non-ortho nitro benzene ring substituents is 1. The number of ether oxygens (including phenoxy) is 1. The fourth-order valence-electron chi connectivity index (χ4n) is 3.68. The lowest BCUT2D eigenvalue weighted by Gasteiger charge is -2.49. The van der Waals surface area contributed by atoms with E-state index in [9.17, 15) is 34.4 Å². The highest BCUT2D eigenvalue weighted by Gasteiger charge is 2.54. The lowest BCUT2D eigenvalue weighted by molar-refractivity contribution is -0.384. The molecule has 4 N–H and O–H groups in total. The van der Waals surface area contributed by atoms with Crippen LogP contribution in [0, 0.1) is 10.1 Å². The van der Waals surface area contributed by atoms with Gasteiger partial charge in [-0.3, -0.25) is 24.6 Å². The van der Waals surface area contributed by atoms with Crippen molar-refractivity contribution in [3.05, 3.63) is 74.9 Å². The molecule has 1 aromatic carbocycles. The number of esters is 1. The molecular formula is C23H20N6O9S2. The SMILES string of the molecule is C=CC1=C(C(=O)O)N2C(=O)C(NC(=O)/C(=N\OCC(=O)OCc3ccc([N+](=O)[O-])cc3)c3csc(N)n3)[C@H]2SC1. The number of nitrogens with two attached hydrogens (primary N) is 1. The highest BCUT2D eigenvalue weighted by molar-refractivity contribution is 8.00. The largest absolute Gasteiger partial charge is 0.477 e. The van der Waals surface area contributed by atoms with E-state index >= 15 is 0 Å². The van der Waals surface area contributed by atoms with Crippen LogP contribution in [0.2, 0.25) is 0 Å². The molecule has 0 bridgehead atoms. The Labute approximate surface area is 233 Å². The van der Waals surface area contributed by atoms with Crippen molar-refractivity contribution in [3.8, 4) is 0 Å². The molecule has 208 valence electrons. The minimum absolute atomic E-state index is 0.0271. The molecule has 1 aromatic heterocycles. The molecule has 0 spiro atoms. The number of anilines is 1. The number of oxime groups is 1. The van der Waals surface area contributed by atoms with Crippen LogP contribution in [0.5, 0.6) is 0 Å². The summed E-state index contributed by atoms with van der Waals surface area (Å²) >= 11 is 2.28. The van der Waals surface area contributed by atoms with Gasteiger partial charge in [0.15, 0.2) is 10.8 Å². The lowest BCUT2D eigenvalue weighted by Crippen LogP contribution is -2.71. The molecule has 2 amide bonds. The number of hydrogen-bond donors (Lipinski definition) is 3. The second-order valence-electron chi connectivity index (χ2n) is 8.11. The van der Waals surface area contributed by atoms with Crippen molar-refractivity contribution in [3.63, 3.8) is 0 Å². The van der Waals surface area contributed by atoms with Crippen molar-refractivity contribution in [1.29, 1.82) is 0 Å². The number of allylic oxidation sites excluding steroid dienone is 1. The van der Waals surface area contributed by atoms with Crippen molar-refractivity contribution in [1.82, 2.24) is 15.2 Å². The van der Waals surface area contributed by atoms with Gasteiger partial charge >= 0.3 is 11.9 Å². The quantitative estimate of drug-likeness (QED) is 0.110. The second kappa shape index (κ2) is 12.0. The van der Waals surface area contributed by atoms with E-state index in [0.717, 1.165) is 16.2 Å². The summed E-state index contributed by atoms with van der Waals surface area (Å²) in [5.41, 5.74) is 5.91. The van der Waals surface area contributed by atoms with E-state index in [4.69, 9.17) is 15.3 Å². The van der Waals surface area contributed by atoms with Gasteiger partial charge in [0.2, 0.25) is 6.61 Å². The minimum Gasteiger partial charge on any atom is -0.477 e. The third-order valence-corrected chi connectivity index (χ3v) is 7.57. The summed E-state index contributed by atoms with van der Waals surface area (Å²) in [5, 5.41) is 27.4. The van der Waals surface area contributed by atoms with Gasteiger partial charge in [0, 0.05) is 23.3 Å². The average molecular weight is 589 g/mol. The standard InChI is InChI=1S/C23H20N6O9S2/c1-2-12-9-39-21-17(20(32)28(21)18(12)22(33)34)26-19(31)16(14-10-40-23(24)25-14)27-38-8-15(30)37-7-11-3-5-13(6-4-11)29(35)36/h2-6,10,17,21H,1,7-9H2,(H2,24,25)(H,26,31)(H,33,34)/b27-16-/t17?,21-/m1/s1. The number of aliphatic carboxylic acids is 1. The highest BCUT2D eigenvalue weighted by atomic mass is 32.2. The third-order valence-electron chi connectivity index (χ3n) is 5.60. The Kier molecular flexibility index (Phi) is 8.44. The van der Waals surface area contributed by atoms with Crippen LogP contribution in [0.25, 0.3) is 0 Å². The number of carbonyl (C=O) groups is 4. The average Bonchev–Trinajstić information content (AvgIpc) is 3.37. The van der Waals surface area contributed by atoms with E-state index in [-0.39, 0.29) is 40.3 Å². The number of carbonyl (C=O) groups excluding carboxylic acids is 3. The number of benzene rings is 1. The van der Waals surface area contributed by atoms with Gasteiger partial charge in [0.1, 0.15) is 29.4 Å². The zero-order valence-electron chi connectivity index (χ0n) is 20.3. The monoisotopic (exact) mass is 588 g/mol. The number of thiazole rings is 1. The second-order valence-corrected chi connectivity index (χ2v) is 10.1. The number of nitrogen functional groups attached to an aromatic ring is 1. The fraction of sp³-hybridized carbons (Fsp3) is 0.217. The number of aromatic nitrogens is 1. The Hall–Kier alpha value is -4.77. The molecule has 2 aromatic rings. The number of nitro groups is 1. The van der Waals surface area contributed by atoms with E-state index in [1.165, 1.54) is 47.5 Å². The van der Waals surface area contributed by atoms with Gasteiger partial charge in [0.05, 0.1) is 4.92 Å². The number of carboxylic acids is 1. The summed E-state index contributed by atoms with van der Waals surface area (Å²) in [7, 11) is 0. The summed E-state index contributed by atoms with van der Waals surface area (Å²) in [6, 6.07) is 4.35. The third kappa shape index (κ3) is 5.94. The fourth-order valence-corrected chi connectivity index (χ4v) is 5.57. The highest BCUT2D eigenvalue weighted by Crippen LogP contribution is 2.40. The molecule has 1 saturated heterocycles. The maximum Gasteiger partial charge on any atom is 0.352 e. The predicted octanol–water partition coefficient (Wildman–Crippen LogP) is 1.02. The van der Waals surface area contributed by atoms with Gasteiger partial charge in [-0.05, 0) is 23.3 Å². The number of nitro benzene ring substituents is 1. The number of carboxylic acid groups (broad SMARTS) is 1. The van der Waals surface area contributed by atoms with E-state index in [0.29, 0.717) is 11.1 Å². The van der Waals surface area contributed by atoms with Crippen LogP contribution >= 0.6 is 23.1 Å². The number of fused-ring (bicyclic) bond motifs is 1. The first-order valence-electron chi connectivity index (χ1n) is 11.3. The van der Waals surface area contributed by atoms with Crippen LogP contribution in [-0.2, 0) is 35.4 Å². The molecule has 2 aliphatic rings. The molecule has 17 heteroatoms. The van der Waals surface area contributed by atoms with Gasteiger partial charge < -0.3 is 25.7 Å². The van der Waals surface area contributed by atoms with E-state index in [1.54, 1.807) is 0 Å². The van der Waals surface area contributed by atoms with Gasteiger partial charge in [0.25, 0.3) is 17.5 Å². The topological polar surface area (TPSA) is 217 Å². The Balaban J connectivity index is 1.39. The Morgan fingerprint density at radius 3 is 2.67 bits per heavy atom. The zero-order valence-corrected chi connectivity index (χ0v) is 22.0. The Morgan fingerprint density at radius 2 is 2.08 bits per heavy atom. The lowest BCUT2D eigenvalue weighted by atomic mass is 10.0. The first-order valence-corrected chi connectivity index (χ1v) is 13.2. The molecule has 0 saturated carbocycles. The van der Waals surface area contributed by atoms with Gasteiger partial charge in [-0.15, -0.1) is 23.1 Å². The smallest absolute Gasteiger partial charge is 0.352 e. The first kappa shape index (κ1) is 28.2. The van der Waals surface area contributed by atoms with Gasteiger partial charge in [-0.1, -0.05) is 17.8 Å². The number of thioether (sulfide) groups is 1. The Bertz CT molecular complexity index is 1450. The van der Waals surface area contributed by atoms with E-state index in [2.05, 4.69) is 22.0 Å². The number of amides is 2. The molecular weight excluding hydrogens is 568 g/mol. The van der Waals surface area contributed by atoms with Crippen LogP contribution in [0.15, 0.2) is 58.7 Å². The molecule has 3 heterocycles. The summed E-state index contributed by atoms with van der Waals surface area (Å²) < 4.78 is 5.04. The maximum absolute atomic E-state index is 13.1. The van der Waals surface area contributed by atoms with Crippen molar-refractivity contribution in [2.45, 2.75) is 18.0 Å². The molecule has 4 rings (SSSR count). The van der Waals surface area contributed by atoms with Gasteiger partial charge in [-0.25, -0.2) is 14.6 Å². The summed E-state index contributed by atoms with van der Waals surface area (Å²) in [4.78, 5) is 69.9. The normalized spacial score (nSPS) is 18.4. The molecule has 0 aliphatic carbocycles. The van der Waals surface area contributed by atoms with Crippen LogP contribution < -0.4 is 11.1 Å².